The molecule has 0 saturated carbocycles. The Balaban J connectivity index is 2.02. The van der Waals surface area contributed by atoms with Gasteiger partial charge < -0.3 is 14.5 Å². The van der Waals surface area contributed by atoms with Gasteiger partial charge in [-0.25, -0.2) is 9.78 Å². The quantitative estimate of drug-likeness (QED) is 0.785. The van der Waals surface area contributed by atoms with E-state index in [-0.39, 0.29) is 11.9 Å². The predicted molar refractivity (Wildman–Crippen MR) is 84.0 cm³/mol. The second-order valence-electron chi connectivity index (χ2n) is 6.09. The summed E-state index contributed by atoms with van der Waals surface area (Å²) in [5.74, 6) is 0.141. The number of pyridine rings is 1. The largest absolute Gasteiger partial charge is 0.444 e. The van der Waals surface area contributed by atoms with Gasteiger partial charge in [-0.1, -0.05) is 6.58 Å². The molecule has 0 unspecified atom stereocenters. The second-order valence-corrected chi connectivity index (χ2v) is 6.09. The highest BCUT2D eigenvalue weighted by Crippen LogP contribution is 2.23. The molecule has 1 saturated heterocycles. The number of nitrogens with zero attached hydrogens (tertiary/aromatic N) is 4. The van der Waals surface area contributed by atoms with Crippen LogP contribution >= 0.6 is 0 Å². The fourth-order valence-corrected chi connectivity index (χ4v) is 2.15. The molecule has 0 spiro atoms. The van der Waals surface area contributed by atoms with Crippen LogP contribution in [0, 0.1) is 4.91 Å². The van der Waals surface area contributed by atoms with Crippen molar-refractivity contribution in [2.24, 2.45) is 5.18 Å². The number of rotatable bonds is 2. The van der Waals surface area contributed by atoms with E-state index in [9.17, 15) is 9.70 Å². The van der Waals surface area contributed by atoms with Gasteiger partial charge >= 0.3 is 6.09 Å². The third kappa shape index (κ3) is 3.81. The smallest absolute Gasteiger partial charge is 0.410 e. The maximum atomic E-state index is 12.1. The van der Waals surface area contributed by atoms with Crippen LogP contribution in [0.25, 0.3) is 0 Å². The first-order chi connectivity index (χ1) is 10.3. The summed E-state index contributed by atoms with van der Waals surface area (Å²) in [6, 6.07) is 3.31. The summed E-state index contributed by atoms with van der Waals surface area (Å²) in [5.41, 5.74) is 1.07. The number of hydrogen-bond donors (Lipinski definition) is 0. The third-order valence-corrected chi connectivity index (χ3v) is 3.14. The van der Waals surface area contributed by atoms with Gasteiger partial charge in [0, 0.05) is 18.8 Å². The summed E-state index contributed by atoms with van der Waals surface area (Å²) in [6.45, 7) is 11.0. The Kier molecular flexibility index (Phi) is 4.44. The molecule has 0 radical (unpaired) electrons. The Hall–Kier alpha value is -2.44. The number of anilines is 1. The molecule has 0 N–H and O–H groups in total. The Morgan fingerprint density at radius 1 is 1.36 bits per heavy atom. The maximum absolute atomic E-state index is 12.1. The van der Waals surface area contributed by atoms with Crippen molar-refractivity contribution in [3.63, 3.8) is 0 Å². The zero-order chi connectivity index (χ0) is 16.3. The zero-order valence-corrected chi connectivity index (χ0v) is 13.1. The standard InChI is InChI=1S/C15H20N4O3/c1-11-10-18(14(20)22-15(2,3)4)7-8-19(11)12-5-6-13(17-21)16-9-12/h5-6,9H,1,7-8,10H2,2-4H3. The Labute approximate surface area is 129 Å². The molecule has 7 nitrogen and oxygen atoms in total. The Morgan fingerprint density at radius 2 is 2.09 bits per heavy atom. The molecule has 0 aromatic carbocycles. The molecule has 1 aromatic heterocycles. The minimum Gasteiger partial charge on any atom is -0.444 e. The Bertz CT molecular complexity index is 577. The zero-order valence-electron chi connectivity index (χ0n) is 13.1. The number of piperazine rings is 1. The lowest BCUT2D eigenvalue weighted by atomic mass is 10.2. The number of aromatic nitrogens is 1. The van der Waals surface area contributed by atoms with Crippen LogP contribution in [0.3, 0.4) is 0 Å². The molecule has 1 aromatic rings. The fraction of sp³-hybridized carbons (Fsp3) is 0.467. The van der Waals surface area contributed by atoms with Crippen LogP contribution in [0.15, 0.2) is 35.8 Å². The number of ether oxygens (including phenoxy) is 1. The maximum Gasteiger partial charge on any atom is 0.410 e. The van der Waals surface area contributed by atoms with Gasteiger partial charge in [-0.2, -0.15) is 0 Å². The molecule has 118 valence electrons. The molecule has 22 heavy (non-hydrogen) atoms. The van der Waals surface area contributed by atoms with E-state index in [2.05, 4.69) is 16.7 Å². The molecule has 0 bridgehead atoms. The number of hydrogen-bond acceptors (Lipinski definition) is 6. The van der Waals surface area contributed by atoms with E-state index < -0.39 is 5.60 Å². The highest BCUT2D eigenvalue weighted by Gasteiger charge is 2.28. The normalized spacial score (nSPS) is 15.7. The second kappa shape index (κ2) is 6.13. The van der Waals surface area contributed by atoms with E-state index in [4.69, 9.17) is 4.74 Å². The summed E-state index contributed by atoms with van der Waals surface area (Å²) >= 11 is 0. The predicted octanol–water partition coefficient (Wildman–Crippen LogP) is 3.05. The first-order valence-corrected chi connectivity index (χ1v) is 7.03. The van der Waals surface area contributed by atoms with Gasteiger partial charge in [0.15, 0.2) is 5.82 Å². The molecule has 1 aliphatic rings. The van der Waals surface area contributed by atoms with Crippen molar-refractivity contribution in [1.29, 1.82) is 0 Å². The SMILES string of the molecule is C=C1CN(C(=O)OC(C)(C)C)CCN1c1ccc(N=O)nc1. The van der Waals surface area contributed by atoms with E-state index in [1.165, 1.54) is 0 Å². The van der Waals surface area contributed by atoms with E-state index >= 15 is 0 Å². The van der Waals surface area contributed by atoms with E-state index in [0.717, 1.165) is 11.4 Å². The van der Waals surface area contributed by atoms with Crippen molar-refractivity contribution in [2.75, 3.05) is 24.5 Å². The molecular formula is C15H20N4O3. The summed E-state index contributed by atoms with van der Waals surface area (Å²) < 4.78 is 5.36. The van der Waals surface area contributed by atoms with Crippen LogP contribution in [-0.4, -0.2) is 41.2 Å². The van der Waals surface area contributed by atoms with Crippen molar-refractivity contribution < 1.29 is 9.53 Å². The topological polar surface area (TPSA) is 75.1 Å². The van der Waals surface area contributed by atoms with Crippen molar-refractivity contribution in [2.45, 2.75) is 26.4 Å². The average Bonchev–Trinajstić information content (AvgIpc) is 2.45. The summed E-state index contributed by atoms with van der Waals surface area (Å²) in [5, 5.41) is 2.77. The van der Waals surface area contributed by atoms with E-state index in [1.807, 2.05) is 25.7 Å². The lowest BCUT2D eigenvalue weighted by Crippen LogP contribution is -2.48. The molecule has 7 heteroatoms. The highest BCUT2D eigenvalue weighted by atomic mass is 16.6. The van der Waals surface area contributed by atoms with Gasteiger partial charge in [-0.15, -0.1) is 4.91 Å². The lowest BCUT2D eigenvalue weighted by Gasteiger charge is -2.38. The van der Waals surface area contributed by atoms with Crippen LogP contribution in [-0.2, 0) is 4.74 Å². The first-order valence-electron chi connectivity index (χ1n) is 7.03. The molecule has 1 fully saturated rings. The number of amides is 1. The molecule has 2 rings (SSSR count). The molecule has 0 atom stereocenters. The minimum atomic E-state index is -0.517. The van der Waals surface area contributed by atoms with Crippen molar-refractivity contribution >= 4 is 17.6 Å². The minimum absolute atomic E-state index is 0.141. The third-order valence-electron chi connectivity index (χ3n) is 3.14. The van der Waals surface area contributed by atoms with Gasteiger partial charge in [-0.3, -0.25) is 0 Å². The van der Waals surface area contributed by atoms with Crippen LogP contribution in [0.5, 0.6) is 0 Å². The summed E-state index contributed by atoms with van der Waals surface area (Å²) in [4.78, 5) is 30.0. The summed E-state index contributed by atoms with van der Waals surface area (Å²) in [6.07, 6.45) is 1.23. The van der Waals surface area contributed by atoms with Gasteiger partial charge in [0.05, 0.1) is 18.4 Å². The van der Waals surface area contributed by atoms with Gasteiger partial charge in [0.2, 0.25) is 0 Å². The van der Waals surface area contributed by atoms with Crippen molar-refractivity contribution in [1.82, 2.24) is 9.88 Å². The Morgan fingerprint density at radius 3 is 2.59 bits per heavy atom. The molecule has 1 amide bonds. The molecular weight excluding hydrogens is 284 g/mol. The monoisotopic (exact) mass is 304 g/mol. The number of carbonyl (C=O) groups excluding carboxylic acids is 1. The van der Waals surface area contributed by atoms with Crippen LogP contribution in [0.4, 0.5) is 16.3 Å². The number of nitroso groups, excluding NO2 is 1. The van der Waals surface area contributed by atoms with E-state index in [0.29, 0.717) is 19.6 Å². The van der Waals surface area contributed by atoms with Crippen LogP contribution < -0.4 is 4.90 Å². The summed E-state index contributed by atoms with van der Waals surface area (Å²) in [7, 11) is 0. The van der Waals surface area contributed by atoms with Gasteiger partial charge in [0.1, 0.15) is 5.60 Å². The van der Waals surface area contributed by atoms with Crippen molar-refractivity contribution in [3.8, 4) is 0 Å². The molecule has 1 aliphatic heterocycles. The molecule has 2 heterocycles. The van der Waals surface area contributed by atoms with Gasteiger partial charge in [0.25, 0.3) is 0 Å². The average molecular weight is 304 g/mol. The van der Waals surface area contributed by atoms with E-state index in [1.54, 1.807) is 23.2 Å². The fourth-order valence-electron chi connectivity index (χ4n) is 2.15. The molecule has 0 aliphatic carbocycles. The first kappa shape index (κ1) is 15.9. The van der Waals surface area contributed by atoms with Crippen LogP contribution in [0.1, 0.15) is 20.8 Å². The van der Waals surface area contributed by atoms with Crippen molar-refractivity contribution in [3.05, 3.63) is 35.5 Å². The lowest BCUT2D eigenvalue weighted by molar-refractivity contribution is 0.0257. The van der Waals surface area contributed by atoms with Crippen LogP contribution in [0.2, 0.25) is 0 Å². The highest BCUT2D eigenvalue weighted by molar-refractivity contribution is 5.69. The number of carbonyl (C=O) groups is 1. The van der Waals surface area contributed by atoms with Gasteiger partial charge in [-0.05, 0) is 38.1 Å².